The third kappa shape index (κ3) is 3.29. The molecule has 0 radical (unpaired) electrons. The van der Waals surface area contributed by atoms with Crippen LogP contribution in [-0.4, -0.2) is 37.8 Å². The molecule has 0 fully saturated rings. The summed E-state index contributed by atoms with van der Waals surface area (Å²) >= 11 is 0. The lowest BCUT2D eigenvalue weighted by Crippen LogP contribution is -2.31. The normalized spacial score (nSPS) is 11.4. The minimum atomic E-state index is -3.59. The fraction of sp³-hybridized carbons (Fsp3) is 0.417. The molecule has 0 unspecified atom stereocenters. The van der Waals surface area contributed by atoms with Crippen molar-refractivity contribution in [2.45, 2.75) is 18.5 Å². The molecule has 98 valence electrons. The zero-order chi connectivity index (χ0) is 13.6. The molecule has 0 spiro atoms. The van der Waals surface area contributed by atoms with Gasteiger partial charge in [-0.1, -0.05) is 18.9 Å². The van der Waals surface area contributed by atoms with E-state index in [-0.39, 0.29) is 11.6 Å². The van der Waals surface area contributed by atoms with E-state index in [4.69, 9.17) is 6.42 Å². The lowest BCUT2D eigenvalue weighted by atomic mass is 10.3. The number of terminal acetylenes is 1. The molecule has 6 heteroatoms. The Bertz CT molecular complexity index is 517. The van der Waals surface area contributed by atoms with E-state index < -0.39 is 10.0 Å². The molecule has 0 aliphatic heterocycles. The van der Waals surface area contributed by atoms with E-state index in [0.29, 0.717) is 13.1 Å². The third-order valence-electron chi connectivity index (χ3n) is 2.40. The second kappa shape index (κ2) is 6.50. The number of aromatic nitrogens is 1. The molecule has 1 N–H and O–H groups in total. The SMILES string of the molecule is C#CCN(CC)S(=O)(=O)c1ccc(CNC)cn1. The van der Waals surface area contributed by atoms with Crippen molar-refractivity contribution in [1.82, 2.24) is 14.6 Å². The molecule has 0 aliphatic rings. The number of nitrogens with zero attached hydrogens (tertiary/aromatic N) is 2. The third-order valence-corrected chi connectivity index (χ3v) is 4.24. The molecule has 0 atom stereocenters. The van der Waals surface area contributed by atoms with E-state index in [2.05, 4.69) is 16.2 Å². The highest BCUT2D eigenvalue weighted by molar-refractivity contribution is 7.89. The number of rotatable bonds is 6. The summed E-state index contributed by atoms with van der Waals surface area (Å²) < 4.78 is 25.6. The maximum absolute atomic E-state index is 12.2. The first-order valence-electron chi connectivity index (χ1n) is 5.59. The molecule has 5 nitrogen and oxygen atoms in total. The highest BCUT2D eigenvalue weighted by atomic mass is 32.2. The second-order valence-corrected chi connectivity index (χ2v) is 5.56. The molecule has 0 saturated heterocycles. The van der Waals surface area contributed by atoms with Crippen molar-refractivity contribution in [3.05, 3.63) is 23.9 Å². The van der Waals surface area contributed by atoms with E-state index in [0.717, 1.165) is 5.56 Å². The van der Waals surface area contributed by atoms with Crippen LogP contribution in [0.3, 0.4) is 0 Å². The smallest absolute Gasteiger partial charge is 0.261 e. The maximum atomic E-state index is 12.2. The average molecular weight is 267 g/mol. The Hall–Kier alpha value is -1.42. The van der Waals surface area contributed by atoms with Crippen molar-refractivity contribution in [1.29, 1.82) is 0 Å². The van der Waals surface area contributed by atoms with Gasteiger partial charge in [0.25, 0.3) is 10.0 Å². The maximum Gasteiger partial charge on any atom is 0.261 e. The molecular formula is C12H17N3O2S. The Balaban J connectivity index is 3.01. The summed E-state index contributed by atoms with van der Waals surface area (Å²) in [5.41, 5.74) is 0.927. The van der Waals surface area contributed by atoms with Crippen LogP contribution in [0, 0.1) is 12.3 Å². The van der Waals surface area contributed by atoms with Crippen molar-refractivity contribution < 1.29 is 8.42 Å². The van der Waals surface area contributed by atoms with Crippen LogP contribution in [0.25, 0.3) is 0 Å². The van der Waals surface area contributed by atoms with Crippen LogP contribution in [-0.2, 0) is 16.6 Å². The number of pyridine rings is 1. The summed E-state index contributed by atoms with van der Waals surface area (Å²) in [5, 5.41) is 3.00. The molecule has 0 aromatic carbocycles. The largest absolute Gasteiger partial charge is 0.316 e. The highest BCUT2D eigenvalue weighted by Gasteiger charge is 2.23. The van der Waals surface area contributed by atoms with Crippen molar-refractivity contribution >= 4 is 10.0 Å². The summed E-state index contributed by atoms with van der Waals surface area (Å²) in [6, 6.07) is 3.24. The fourth-order valence-electron chi connectivity index (χ4n) is 1.47. The van der Waals surface area contributed by atoms with Crippen molar-refractivity contribution in [3.63, 3.8) is 0 Å². The van der Waals surface area contributed by atoms with Crippen LogP contribution in [0.2, 0.25) is 0 Å². The van der Waals surface area contributed by atoms with Gasteiger partial charge in [0.05, 0.1) is 6.54 Å². The lowest BCUT2D eigenvalue weighted by molar-refractivity contribution is 0.461. The number of hydrogen-bond acceptors (Lipinski definition) is 4. The monoisotopic (exact) mass is 267 g/mol. The molecule has 1 aromatic heterocycles. The first-order chi connectivity index (χ1) is 8.56. The van der Waals surface area contributed by atoms with Gasteiger partial charge < -0.3 is 5.32 Å². The van der Waals surface area contributed by atoms with Gasteiger partial charge in [0.15, 0.2) is 5.03 Å². The van der Waals surface area contributed by atoms with Gasteiger partial charge in [-0.3, -0.25) is 0 Å². The Kier molecular flexibility index (Phi) is 5.28. The van der Waals surface area contributed by atoms with Gasteiger partial charge in [-0.2, -0.15) is 4.31 Å². The quantitative estimate of drug-likeness (QED) is 0.760. The predicted molar refractivity (Wildman–Crippen MR) is 70.3 cm³/mol. The molecule has 18 heavy (non-hydrogen) atoms. The highest BCUT2D eigenvalue weighted by Crippen LogP contribution is 2.13. The van der Waals surface area contributed by atoms with Crippen molar-refractivity contribution in [3.8, 4) is 12.3 Å². The summed E-state index contributed by atoms with van der Waals surface area (Å²) in [6.07, 6.45) is 6.71. The van der Waals surface area contributed by atoms with Crippen LogP contribution >= 0.6 is 0 Å². The van der Waals surface area contributed by atoms with Crippen molar-refractivity contribution in [2.24, 2.45) is 0 Å². The summed E-state index contributed by atoms with van der Waals surface area (Å²) in [4.78, 5) is 3.98. The van der Waals surface area contributed by atoms with E-state index in [1.807, 2.05) is 7.05 Å². The lowest BCUT2D eigenvalue weighted by Gasteiger charge is -2.17. The molecule has 0 saturated carbocycles. The van der Waals surface area contributed by atoms with E-state index in [1.54, 1.807) is 19.2 Å². The van der Waals surface area contributed by atoms with Crippen LogP contribution < -0.4 is 5.32 Å². The zero-order valence-corrected chi connectivity index (χ0v) is 11.4. The molecule has 1 aromatic rings. The molecule has 1 heterocycles. The van der Waals surface area contributed by atoms with Crippen LogP contribution in [0.5, 0.6) is 0 Å². The van der Waals surface area contributed by atoms with Gasteiger partial charge in [-0.05, 0) is 18.7 Å². The molecular weight excluding hydrogens is 250 g/mol. The number of hydrogen-bond donors (Lipinski definition) is 1. The van der Waals surface area contributed by atoms with Gasteiger partial charge in [0.2, 0.25) is 0 Å². The molecule has 0 aliphatic carbocycles. The molecule has 1 rings (SSSR count). The fourth-order valence-corrected chi connectivity index (χ4v) is 2.75. The second-order valence-electron chi connectivity index (χ2n) is 3.67. The van der Waals surface area contributed by atoms with Crippen molar-refractivity contribution in [2.75, 3.05) is 20.1 Å². The van der Waals surface area contributed by atoms with E-state index >= 15 is 0 Å². The van der Waals surface area contributed by atoms with Crippen LogP contribution in [0.15, 0.2) is 23.4 Å². The van der Waals surface area contributed by atoms with Crippen LogP contribution in [0.1, 0.15) is 12.5 Å². The summed E-state index contributed by atoms with van der Waals surface area (Å²) in [7, 11) is -1.77. The Morgan fingerprint density at radius 1 is 1.50 bits per heavy atom. The average Bonchev–Trinajstić information content (AvgIpc) is 2.36. The minimum Gasteiger partial charge on any atom is -0.316 e. The molecule has 0 amide bonds. The number of nitrogens with one attached hydrogen (secondary N) is 1. The Morgan fingerprint density at radius 3 is 2.67 bits per heavy atom. The Morgan fingerprint density at radius 2 is 2.22 bits per heavy atom. The van der Waals surface area contributed by atoms with E-state index in [9.17, 15) is 8.42 Å². The van der Waals surface area contributed by atoms with Crippen LogP contribution in [0.4, 0.5) is 0 Å². The zero-order valence-electron chi connectivity index (χ0n) is 10.5. The van der Waals surface area contributed by atoms with E-state index in [1.165, 1.54) is 10.4 Å². The Labute approximate surface area is 108 Å². The standard InChI is InChI=1S/C12H17N3O2S/c1-4-8-15(5-2)18(16,17)12-7-6-11(9-13-3)10-14-12/h1,6-7,10,13H,5,8-9H2,2-3H3. The first-order valence-corrected chi connectivity index (χ1v) is 7.03. The number of sulfonamides is 1. The predicted octanol–water partition coefficient (Wildman–Crippen LogP) is 0.445. The van der Waals surface area contributed by atoms with Gasteiger partial charge in [0.1, 0.15) is 0 Å². The summed E-state index contributed by atoms with van der Waals surface area (Å²) in [6.45, 7) is 2.77. The summed E-state index contributed by atoms with van der Waals surface area (Å²) in [5.74, 6) is 2.34. The first kappa shape index (κ1) is 14.6. The van der Waals surface area contributed by atoms with Gasteiger partial charge >= 0.3 is 0 Å². The topological polar surface area (TPSA) is 62.3 Å². The van der Waals surface area contributed by atoms with Gasteiger partial charge in [-0.25, -0.2) is 13.4 Å². The minimum absolute atomic E-state index is 0.0273. The van der Waals surface area contributed by atoms with Gasteiger partial charge in [0, 0.05) is 19.3 Å². The molecule has 0 bridgehead atoms. The van der Waals surface area contributed by atoms with Gasteiger partial charge in [-0.15, -0.1) is 6.42 Å².